The maximum atomic E-state index is 12.0. The number of ketones is 1. The fraction of sp³-hybridized carbons (Fsp3) is 0.192. The molecule has 0 spiro atoms. The van der Waals surface area contributed by atoms with E-state index in [0.29, 0.717) is 33.8 Å². The zero-order valence-corrected chi connectivity index (χ0v) is 18.5. The first-order chi connectivity index (χ1) is 15.1. The van der Waals surface area contributed by atoms with E-state index in [4.69, 9.17) is 14.2 Å². The molecule has 0 bridgehead atoms. The zero-order valence-electron chi connectivity index (χ0n) is 18.5. The Kier molecular flexibility index (Phi) is 8.30. The summed E-state index contributed by atoms with van der Waals surface area (Å²) in [5, 5.41) is 0. The van der Waals surface area contributed by atoms with E-state index in [1.165, 1.54) is 6.92 Å². The third-order valence-electron chi connectivity index (χ3n) is 4.35. The van der Waals surface area contributed by atoms with Crippen LogP contribution in [0.3, 0.4) is 0 Å². The molecule has 0 heterocycles. The Labute approximate surface area is 187 Å². The number of hydrogen-bond acceptors (Lipinski definition) is 6. The van der Waals surface area contributed by atoms with Crippen molar-refractivity contribution in [3.8, 4) is 16.9 Å². The molecule has 0 atom stereocenters. The molecule has 0 saturated carbocycles. The van der Waals surface area contributed by atoms with Crippen molar-refractivity contribution in [2.45, 2.75) is 20.8 Å². The van der Waals surface area contributed by atoms with Gasteiger partial charge in [0.1, 0.15) is 24.7 Å². The molecular formula is C26H26O6. The molecule has 0 radical (unpaired) electrons. The fourth-order valence-electron chi connectivity index (χ4n) is 2.57. The van der Waals surface area contributed by atoms with Gasteiger partial charge in [-0.2, -0.15) is 0 Å². The van der Waals surface area contributed by atoms with Crippen LogP contribution in [0.2, 0.25) is 0 Å². The third kappa shape index (κ3) is 6.80. The maximum Gasteiger partial charge on any atom is 0.338 e. The van der Waals surface area contributed by atoms with Gasteiger partial charge in [0, 0.05) is 22.3 Å². The van der Waals surface area contributed by atoms with Crippen LogP contribution in [0, 0.1) is 0 Å². The number of carbonyl (C=O) groups excluding carboxylic acids is 3. The molecule has 0 aliphatic heterocycles. The van der Waals surface area contributed by atoms with Gasteiger partial charge in [-0.15, -0.1) is 0 Å². The highest BCUT2D eigenvalue weighted by Gasteiger charge is 2.11. The Morgan fingerprint density at radius 3 is 1.84 bits per heavy atom. The van der Waals surface area contributed by atoms with Crippen molar-refractivity contribution in [1.29, 1.82) is 0 Å². The lowest BCUT2D eigenvalue weighted by Crippen LogP contribution is -2.10. The van der Waals surface area contributed by atoms with Crippen LogP contribution < -0.4 is 4.74 Å². The number of Topliss-reactive ketones (excluding diaryl/α,β-unsaturated/α-hetero) is 1. The van der Waals surface area contributed by atoms with E-state index in [0.717, 1.165) is 11.1 Å². The molecule has 6 nitrogen and oxygen atoms in total. The van der Waals surface area contributed by atoms with Crippen LogP contribution in [-0.4, -0.2) is 30.9 Å². The van der Waals surface area contributed by atoms with Gasteiger partial charge in [-0.05, 0) is 62.2 Å². The summed E-state index contributed by atoms with van der Waals surface area (Å²) < 4.78 is 15.8. The van der Waals surface area contributed by atoms with Gasteiger partial charge in [0.15, 0.2) is 5.78 Å². The lowest BCUT2D eigenvalue weighted by atomic mass is 9.97. The van der Waals surface area contributed by atoms with Crippen LogP contribution in [0.1, 0.15) is 36.7 Å². The van der Waals surface area contributed by atoms with E-state index in [1.807, 2.05) is 6.07 Å². The van der Waals surface area contributed by atoms with Gasteiger partial charge >= 0.3 is 11.9 Å². The van der Waals surface area contributed by atoms with Gasteiger partial charge in [0.25, 0.3) is 0 Å². The molecular weight excluding hydrogens is 408 g/mol. The molecule has 6 heteroatoms. The Balaban J connectivity index is 2.18. The van der Waals surface area contributed by atoms with E-state index in [2.05, 4.69) is 19.7 Å². The minimum absolute atomic E-state index is 0.0499. The Bertz CT molecular complexity index is 1080. The first-order valence-electron chi connectivity index (χ1n) is 9.87. The van der Waals surface area contributed by atoms with Crippen molar-refractivity contribution in [2.75, 3.05) is 13.2 Å². The first-order valence-corrected chi connectivity index (χ1v) is 9.87. The molecule has 0 saturated heterocycles. The van der Waals surface area contributed by atoms with E-state index < -0.39 is 11.9 Å². The van der Waals surface area contributed by atoms with Crippen LogP contribution >= 0.6 is 0 Å². The summed E-state index contributed by atoms with van der Waals surface area (Å²) in [6.07, 6.45) is 0. The third-order valence-corrected chi connectivity index (χ3v) is 4.35. The molecule has 0 unspecified atom stereocenters. The molecule has 32 heavy (non-hydrogen) atoms. The number of esters is 2. The molecule has 0 amide bonds. The molecule has 2 aromatic carbocycles. The van der Waals surface area contributed by atoms with Crippen molar-refractivity contribution in [2.24, 2.45) is 0 Å². The average molecular weight is 434 g/mol. The molecule has 166 valence electrons. The molecule has 0 fully saturated rings. The highest BCUT2D eigenvalue weighted by Crippen LogP contribution is 2.28. The van der Waals surface area contributed by atoms with Gasteiger partial charge in [0.05, 0.1) is 0 Å². The van der Waals surface area contributed by atoms with Crippen molar-refractivity contribution in [3.63, 3.8) is 0 Å². The van der Waals surface area contributed by atoms with Crippen LogP contribution in [0.25, 0.3) is 16.9 Å². The molecule has 2 rings (SSSR count). The van der Waals surface area contributed by atoms with Gasteiger partial charge in [-0.1, -0.05) is 31.9 Å². The van der Waals surface area contributed by atoms with Gasteiger partial charge < -0.3 is 14.2 Å². The summed E-state index contributed by atoms with van der Waals surface area (Å²) in [7, 11) is 0. The number of ether oxygens (including phenoxy) is 3. The standard InChI is InChI=1S/C26H26O6/c1-16(2)25(28)31-12-11-30-19(6)22-13-21(18(5)27)14-23(15-22)20-7-9-24(10-8-20)32-26(29)17(3)4/h7-10,13-15H,1,3,6,11-12H2,2,4-5H3. The molecule has 0 aromatic heterocycles. The largest absolute Gasteiger partial charge is 0.490 e. The van der Waals surface area contributed by atoms with E-state index in [1.54, 1.807) is 50.2 Å². The number of benzene rings is 2. The highest BCUT2D eigenvalue weighted by molar-refractivity contribution is 5.96. The van der Waals surface area contributed by atoms with Gasteiger partial charge in [-0.25, -0.2) is 9.59 Å². The van der Waals surface area contributed by atoms with Gasteiger partial charge in [-0.3, -0.25) is 4.79 Å². The smallest absolute Gasteiger partial charge is 0.338 e. The average Bonchev–Trinajstić information content (AvgIpc) is 2.76. The second-order valence-corrected chi connectivity index (χ2v) is 7.24. The lowest BCUT2D eigenvalue weighted by molar-refractivity contribution is -0.139. The fourth-order valence-corrected chi connectivity index (χ4v) is 2.57. The second-order valence-electron chi connectivity index (χ2n) is 7.24. The minimum atomic E-state index is -0.499. The molecule has 0 aliphatic carbocycles. The summed E-state index contributed by atoms with van der Waals surface area (Å²) >= 11 is 0. The minimum Gasteiger partial charge on any atom is -0.490 e. The SMILES string of the molecule is C=C(C)C(=O)OCCOC(=C)c1cc(C(C)=O)cc(-c2ccc(OC(=O)C(=C)C)cc2)c1. The molecule has 0 N–H and O–H groups in total. The monoisotopic (exact) mass is 434 g/mol. The number of rotatable bonds is 10. The van der Waals surface area contributed by atoms with Crippen molar-refractivity contribution in [1.82, 2.24) is 0 Å². The van der Waals surface area contributed by atoms with Gasteiger partial charge in [0.2, 0.25) is 0 Å². The number of hydrogen-bond donors (Lipinski definition) is 0. The van der Waals surface area contributed by atoms with Crippen LogP contribution in [0.4, 0.5) is 0 Å². The topological polar surface area (TPSA) is 78.9 Å². The van der Waals surface area contributed by atoms with E-state index >= 15 is 0 Å². The second kappa shape index (κ2) is 10.9. The van der Waals surface area contributed by atoms with Crippen molar-refractivity contribution < 1.29 is 28.6 Å². The predicted molar refractivity (Wildman–Crippen MR) is 123 cm³/mol. The number of carbonyl (C=O) groups is 3. The Morgan fingerprint density at radius 2 is 1.28 bits per heavy atom. The summed E-state index contributed by atoms with van der Waals surface area (Å²) in [5.41, 5.74) is 3.31. The van der Waals surface area contributed by atoms with Crippen molar-refractivity contribution >= 4 is 23.5 Å². The lowest BCUT2D eigenvalue weighted by Gasteiger charge is -2.13. The summed E-state index contributed by atoms with van der Waals surface area (Å²) in [6.45, 7) is 15.8. The Hall–Kier alpha value is -3.93. The highest BCUT2D eigenvalue weighted by atomic mass is 16.6. The van der Waals surface area contributed by atoms with Crippen LogP contribution in [0.5, 0.6) is 5.75 Å². The maximum absolute atomic E-state index is 12.0. The van der Waals surface area contributed by atoms with Crippen molar-refractivity contribution in [3.05, 3.63) is 84.5 Å². The normalized spacial score (nSPS) is 10.1. The zero-order chi connectivity index (χ0) is 23.8. The summed E-state index contributed by atoms with van der Waals surface area (Å²) in [5.74, 6) is -0.365. The Morgan fingerprint density at radius 1 is 0.719 bits per heavy atom. The first kappa shape index (κ1) is 24.3. The van der Waals surface area contributed by atoms with Crippen LogP contribution in [0.15, 0.2) is 73.3 Å². The van der Waals surface area contributed by atoms with E-state index in [9.17, 15) is 14.4 Å². The molecule has 2 aromatic rings. The summed E-state index contributed by atoms with van der Waals surface area (Å²) in [4.78, 5) is 35.1. The quantitative estimate of drug-likeness (QED) is 0.129. The predicted octanol–water partition coefficient (Wildman–Crippen LogP) is 5.14. The van der Waals surface area contributed by atoms with E-state index in [-0.39, 0.29) is 19.0 Å². The van der Waals surface area contributed by atoms with Crippen LogP contribution in [-0.2, 0) is 19.1 Å². The summed E-state index contributed by atoms with van der Waals surface area (Å²) in [6, 6.07) is 12.2. The molecule has 0 aliphatic rings.